The van der Waals surface area contributed by atoms with E-state index in [0.29, 0.717) is 5.69 Å². The van der Waals surface area contributed by atoms with Crippen LogP contribution in [0.3, 0.4) is 0 Å². The average Bonchev–Trinajstić information content (AvgIpc) is 2.01. The molecule has 3 N–H and O–H groups in total. The fourth-order valence-corrected chi connectivity index (χ4v) is 1.67. The Labute approximate surface area is 83.1 Å². The van der Waals surface area contributed by atoms with Crippen molar-refractivity contribution in [2.45, 2.75) is 24.3 Å². The topological polar surface area (TPSA) is 46.2 Å². The molecule has 0 saturated heterocycles. The molecule has 0 spiro atoms. The van der Waals surface area contributed by atoms with Crippen LogP contribution in [0.1, 0.15) is 19.4 Å². The van der Waals surface area contributed by atoms with Gasteiger partial charge in [-0.2, -0.15) is 0 Å². The van der Waals surface area contributed by atoms with Crippen molar-refractivity contribution in [1.29, 1.82) is 0 Å². The highest BCUT2D eigenvalue weighted by Crippen LogP contribution is 2.28. The molecular weight excluding hydrogens is 182 g/mol. The van der Waals surface area contributed by atoms with E-state index >= 15 is 0 Å². The molecule has 0 bridgehead atoms. The van der Waals surface area contributed by atoms with Crippen molar-refractivity contribution < 1.29 is 5.11 Å². The molecule has 0 amide bonds. The maximum absolute atomic E-state index is 9.75. The third-order valence-corrected chi connectivity index (χ3v) is 2.64. The third-order valence-electron chi connectivity index (χ3n) is 1.92. The van der Waals surface area contributed by atoms with Crippen LogP contribution in [-0.4, -0.2) is 11.4 Å². The molecule has 1 aromatic rings. The Kier molecular flexibility index (Phi) is 2.88. The van der Waals surface area contributed by atoms with Crippen LogP contribution in [0.5, 0.6) is 0 Å². The molecule has 0 saturated carbocycles. The lowest BCUT2D eigenvalue weighted by Gasteiger charge is -2.20. The van der Waals surface area contributed by atoms with Crippen LogP contribution in [0.25, 0.3) is 0 Å². The first kappa shape index (κ1) is 10.4. The first-order valence-corrected chi connectivity index (χ1v) is 5.34. The van der Waals surface area contributed by atoms with Gasteiger partial charge in [0.1, 0.15) is 0 Å². The second-order valence-electron chi connectivity index (χ2n) is 3.51. The van der Waals surface area contributed by atoms with E-state index in [1.54, 1.807) is 25.6 Å². The quantitative estimate of drug-likeness (QED) is 0.564. The Morgan fingerprint density at radius 3 is 2.38 bits per heavy atom. The van der Waals surface area contributed by atoms with Crippen LogP contribution in [0, 0.1) is 0 Å². The number of hydrogen-bond donors (Lipinski definition) is 2. The minimum Gasteiger partial charge on any atom is -0.398 e. The van der Waals surface area contributed by atoms with Crippen molar-refractivity contribution >= 4 is 17.4 Å². The van der Waals surface area contributed by atoms with E-state index < -0.39 is 5.60 Å². The van der Waals surface area contributed by atoms with E-state index in [-0.39, 0.29) is 0 Å². The van der Waals surface area contributed by atoms with Crippen molar-refractivity contribution in [3.63, 3.8) is 0 Å². The van der Waals surface area contributed by atoms with E-state index in [9.17, 15) is 5.11 Å². The number of benzene rings is 1. The highest BCUT2D eigenvalue weighted by atomic mass is 32.2. The number of anilines is 1. The zero-order chi connectivity index (χ0) is 10.1. The molecular formula is C10H15NOS. The maximum atomic E-state index is 9.75. The molecule has 13 heavy (non-hydrogen) atoms. The number of rotatable bonds is 2. The Balaban J connectivity index is 3.13. The summed E-state index contributed by atoms with van der Waals surface area (Å²) in [5.41, 5.74) is 6.38. The van der Waals surface area contributed by atoms with Gasteiger partial charge >= 0.3 is 0 Å². The summed E-state index contributed by atoms with van der Waals surface area (Å²) in [6, 6.07) is 5.73. The predicted octanol–water partition coefficient (Wildman–Crippen LogP) is 2.22. The molecule has 1 rings (SSSR count). The molecule has 0 fully saturated rings. The summed E-state index contributed by atoms with van der Waals surface area (Å²) in [6.45, 7) is 3.47. The van der Waals surface area contributed by atoms with Gasteiger partial charge in [-0.3, -0.25) is 0 Å². The summed E-state index contributed by atoms with van der Waals surface area (Å²) in [5, 5.41) is 9.75. The monoisotopic (exact) mass is 197 g/mol. The van der Waals surface area contributed by atoms with E-state index in [1.165, 1.54) is 0 Å². The van der Waals surface area contributed by atoms with Crippen LogP contribution in [0.2, 0.25) is 0 Å². The average molecular weight is 197 g/mol. The van der Waals surface area contributed by atoms with Crippen LogP contribution < -0.4 is 5.73 Å². The minimum absolute atomic E-state index is 0.652. The highest BCUT2D eigenvalue weighted by Gasteiger charge is 2.18. The molecule has 2 nitrogen and oxygen atoms in total. The normalized spacial score (nSPS) is 11.7. The molecule has 0 aliphatic heterocycles. The van der Waals surface area contributed by atoms with Crippen LogP contribution in [-0.2, 0) is 5.60 Å². The van der Waals surface area contributed by atoms with Gasteiger partial charge in [0.15, 0.2) is 0 Å². The van der Waals surface area contributed by atoms with Crippen molar-refractivity contribution in [3.05, 3.63) is 23.8 Å². The van der Waals surface area contributed by atoms with Gasteiger partial charge in [-0.05, 0) is 32.2 Å². The van der Waals surface area contributed by atoms with E-state index in [4.69, 9.17) is 5.73 Å². The summed E-state index contributed by atoms with van der Waals surface area (Å²) in [7, 11) is 0. The fraction of sp³-hybridized carbons (Fsp3) is 0.400. The summed E-state index contributed by atoms with van der Waals surface area (Å²) >= 11 is 1.64. The summed E-state index contributed by atoms with van der Waals surface area (Å²) < 4.78 is 0. The van der Waals surface area contributed by atoms with Gasteiger partial charge in [0, 0.05) is 16.1 Å². The summed E-state index contributed by atoms with van der Waals surface area (Å²) in [5.74, 6) is 0. The Hall–Kier alpha value is -0.670. The number of nitrogens with two attached hydrogens (primary N) is 1. The van der Waals surface area contributed by atoms with Gasteiger partial charge < -0.3 is 10.8 Å². The van der Waals surface area contributed by atoms with E-state index in [0.717, 1.165) is 10.5 Å². The molecule has 1 aromatic carbocycles. The number of thioether (sulfide) groups is 1. The summed E-state index contributed by atoms with van der Waals surface area (Å²) in [6.07, 6.45) is 2.00. The highest BCUT2D eigenvalue weighted by molar-refractivity contribution is 7.98. The number of hydrogen-bond acceptors (Lipinski definition) is 3. The lowest BCUT2D eigenvalue weighted by Crippen LogP contribution is -2.17. The van der Waals surface area contributed by atoms with Gasteiger partial charge in [-0.15, -0.1) is 11.8 Å². The van der Waals surface area contributed by atoms with Gasteiger partial charge in [-0.25, -0.2) is 0 Å². The minimum atomic E-state index is -0.860. The van der Waals surface area contributed by atoms with Gasteiger partial charge in [0.2, 0.25) is 0 Å². The molecule has 0 aliphatic rings. The molecule has 0 radical (unpaired) electrons. The smallest absolute Gasteiger partial charge is 0.0860 e. The Morgan fingerprint density at radius 1 is 1.38 bits per heavy atom. The molecule has 0 heterocycles. The zero-order valence-corrected chi connectivity index (χ0v) is 8.98. The van der Waals surface area contributed by atoms with Crippen molar-refractivity contribution in [3.8, 4) is 0 Å². The molecule has 3 heteroatoms. The lowest BCUT2D eigenvalue weighted by atomic mass is 9.97. The lowest BCUT2D eigenvalue weighted by molar-refractivity contribution is 0.0793. The first-order chi connectivity index (χ1) is 5.95. The number of nitrogen functional groups attached to an aromatic ring is 1. The van der Waals surface area contributed by atoms with Crippen LogP contribution in [0.15, 0.2) is 23.1 Å². The molecule has 0 aromatic heterocycles. The van der Waals surface area contributed by atoms with E-state index in [2.05, 4.69) is 0 Å². The molecule has 0 unspecified atom stereocenters. The zero-order valence-electron chi connectivity index (χ0n) is 8.16. The first-order valence-electron chi connectivity index (χ1n) is 4.11. The summed E-state index contributed by atoms with van der Waals surface area (Å²) in [4.78, 5) is 1.12. The van der Waals surface area contributed by atoms with Gasteiger partial charge in [-0.1, -0.05) is 6.07 Å². The molecule has 0 aliphatic carbocycles. The fourth-order valence-electron chi connectivity index (χ4n) is 1.22. The van der Waals surface area contributed by atoms with Gasteiger partial charge in [0.25, 0.3) is 0 Å². The third kappa shape index (κ3) is 2.39. The van der Waals surface area contributed by atoms with E-state index in [1.807, 2.05) is 24.5 Å². The predicted molar refractivity (Wildman–Crippen MR) is 57.9 cm³/mol. The van der Waals surface area contributed by atoms with Crippen molar-refractivity contribution in [2.24, 2.45) is 0 Å². The second kappa shape index (κ2) is 3.60. The largest absolute Gasteiger partial charge is 0.398 e. The molecule has 72 valence electrons. The maximum Gasteiger partial charge on any atom is 0.0860 e. The van der Waals surface area contributed by atoms with Gasteiger partial charge in [0.05, 0.1) is 5.60 Å². The standard InChI is InChI=1S/C10H15NOS/c1-10(2,12)8-5-4-7(13-3)6-9(8)11/h4-6,12H,11H2,1-3H3. The van der Waals surface area contributed by atoms with Crippen molar-refractivity contribution in [1.82, 2.24) is 0 Å². The van der Waals surface area contributed by atoms with Crippen LogP contribution in [0.4, 0.5) is 5.69 Å². The van der Waals surface area contributed by atoms with Crippen molar-refractivity contribution in [2.75, 3.05) is 12.0 Å². The Morgan fingerprint density at radius 2 is 2.00 bits per heavy atom. The molecule has 0 atom stereocenters. The van der Waals surface area contributed by atoms with Crippen LogP contribution >= 0.6 is 11.8 Å². The SMILES string of the molecule is CSc1ccc(C(C)(C)O)c(N)c1. The Bertz CT molecular complexity index is 304. The number of aliphatic hydroxyl groups is 1. The second-order valence-corrected chi connectivity index (χ2v) is 4.39.